The van der Waals surface area contributed by atoms with Crippen molar-refractivity contribution in [1.82, 2.24) is 20.1 Å². The minimum atomic E-state index is -0.0140. The number of hydrogen-bond donors (Lipinski definition) is 2. The molecule has 1 unspecified atom stereocenters. The van der Waals surface area contributed by atoms with E-state index in [2.05, 4.69) is 68.8 Å². The third-order valence-electron chi connectivity index (χ3n) is 5.88. The molecular formula is C22H30N4O. The van der Waals surface area contributed by atoms with Gasteiger partial charge in [0, 0.05) is 50.2 Å². The standard InChI is InChI=1S/C22H30N4O/c27-22(24-19-10-5-2-6-11-19)23-14-21-17-25-13-7-12-20(25)16-26(21)15-18-8-3-1-4-9-18/h1,3-4,7-9,12-13,19,21H,2,5-6,10-11,14-17H2,(H2,23,24,27). The maximum atomic E-state index is 12.4. The van der Waals surface area contributed by atoms with E-state index in [9.17, 15) is 4.79 Å². The number of aromatic nitrogens is 1. The maximum absolute atomic E-state index is 12.4. The predicted molar refractivity (Wildman–Crippen MR) is 107 cm³/mol. The van der Waals surface area contributed by atoms with Gasteiger partial charge in [-0.1, -0.05) is 49.6 Å². The van der Waals surface area contributed by atoms with E-state index < -0.39 is 0 Å². The lowest BCUT2D eigenvalue weighted by atomic mass is 9.96. The van der Waals surface area contributed by atoms with Gasteiger partial charge in [0.05, 0.1) is 0 Å². The molecule has 1 aliphatic heterocycles. The van der Waals surface area contributed by atoms with Crippen molar-refractivity contribution < 1.29 is 4.79 Å². The molecule has 4 rings (SSSR count). The van der Waals surface area contributed by atoms with Crippen molar-refractivity contribution >= 4 is 6.03 Å². The summed E-state index contributed by atoms with van der Waals surface area (Å²) in [5.74, 6) is 0. The van der Waals surface area contributed by atoms with Crippen LogP contribution in [0, 0.1) is 0 Å². The lowest BCUT2D eigenvalue weighted by Gasteiger charge is -2.37. The van der Waals surface area contributed by atoms with Crippen LogP contribution in [-0.4, -0.2) is 34.1 Å². The van der Waals surface area contributed by atoms with Crippen LogP contribution < -0.4 is 10.6 Å². The lowest BCUT2D eigenvalue weighted by molar-refractivity contribution is 0.129. The highest BCUT2D eigenvalue weighted by Crippen LogP contribution is 2.21. The molecule has 2 N–H and O–H groups in total. The van der Waals surface area contributed by atoms with Gasteiger partial charge in [-0.05, 0) is 30.5 Å². The van der Waals surface area contributed by atoms with Gasteiger partial charge in [0.25, 0.3) is 0 Å². The summed E-state index contributed by atoms with van der Waals surface area (Å²) in [6, 6.07) is 15.5. The molecule has 1 aromatic carbocycles. The van der Waals surface area contributed by atoms with Crippen molar-refractivity contribution in [3.8, 4) is 0 Å². The number of rotatable bonds is 5. The fraction of sp³-hybridized carbons (Fsp3) is 0.500. The Morgan fingerprint density at radius 2 is 1.85 bits per heavy atom. The molecule has 1 aliphatic carbocycles. The zero-order chi connectivity index (χ0) is 18.5. The molecule has 2 aromatic rings. The number of nitrogens with one attached hydrogen (secondary N) is 2. The Morgan fingerprint density at radius 3 is 2.67 bits per heavy atom. The van der Waals surface area contributed by atoms with Crippen LogP contribution in [0.5, 0.6) is 0 Å². The largest absolute Gasteiger partial charge is 0.349 e. The van der Waals surface area contributed by atoms with Gasteiger partial charge in [-0.2, -0.15) is 0 Å². The van der Waals surface area contributed by atoms with Gasteiger partial charge in [-0.3, -0.25) is 4.90 Å². The number of benzene rings is 1. The summed E-state index contributed by atoms with van der Waals surface area (Å²) in [6.07, 6.45) is 8.14. The fourth-order valence-corrected chi connectivity index (χ4v) is 4.34. The predicted octanol–water partition coefficient (Wildman–Crippen LogP) is 3.50. The van der Waals surface area contributed by atoms with Gasteiger partial charge in [-0.25, -0.2) is 4.79 Å². The molecule has 5 nitrogen and oxygen atoms in total. The molecule has 2 aliphatic rings. The van der Waals surface area contributed by atoms with Crippen molar-refractivity contribution in [3.05, 3.63) is 59.9 Å². The molecule has 1 fully saturated rings. The van der Waals surface area contributed by atoms with Crippen LogP contribution in [-0.2, 0) is 19.6 Å². The van der Waals surface area contributed by atoms with E-state index in [0.29, 0.717) is 18.6 Å². The number of urea groups is 1. The first-order valence-corrected chi connectivity index (χ1v) is 10.2. The number of amides is 2. The Hall–Kier alpha value is -2.27. The average molecular weight is 367 g/mol. The number of carbonyl (C=O) groups excluding carboxylic acids is 1. The lowest BCUT2D eigenvalue weighted by Crippen LogP contribution is -2.51. The van der Waals surface area contributed by atoms with E-state index >= 15 is 0 Å². The van der Waals surface area contributed by atoms with Crippen LogP contribution in [0.25, 0.3) is 0 Å². The first-order chi connectivity index (χ1) is 13.3. The van der Waals surface area contributed by atoms with Crippen molar-refractivity contribution in [1.29, 1.82) is 0 Å². The van der Waals surface area contributed by atoms with Crippen LogP contribution in [0.1, 0.15) is 43.4 Å². The Kier molecular flexibility index (Phi) is 5.78. The molecule has 0 radical (unpaired) electrons. The van der Waals surface area contributed by atoms with E-state index in [-0.39, 0.29) is 6.03 Å². The first-order valence-electron chi connectivity index (χ1n) is 10.2. The Bertz CT molecular complexity index is 736. The van der Waals surface area contributed by atoms with Gasteiger partial charge in [0.15, 0.2) is 0 Å². The highest BCUT2D eigenvalue weighted by atomic mass is 16.2. The summed E-state index contributed by atoms with van der Waals surface area (Å²) in [4.78, 5) is 14.8. The minimum absolute atomic E-state index is 0.0140. The van der Waals surface area contributed by atoms with Crippen LogP contribution in [0.2, 0.25) is 0 Å². The minimum Gasteiger partial charge on any atom is -0.349 e. The van der Waals surface area contributed by atoms with Crippen molar-refractivity contribution in [2.45, 2.75) is 63.8 Å². The van der Waals surface area contributed by atoms with Crippen LogP contribution >= 0.6 is 0 Å². The highest BCUT2D eigenvalue weighted by molar-refractivity contribution is 5.74. The maximum Gasteiger partial charge on any atom is 0.315 e. The molecule has 1 atom stereocenters. The monoisotopic (exact) mass is 366 g/mol. The molecule has 1 saturated carbocycles. The zero-order valence-electron chi connectivity index (χ0n) is 15.9. The van der Waals surface area contributed by atoms with Crippen molar-refractivity contribution in [2.24, 2.45) is 0 Å². The fourth-order valence-electron chi connectivity index (χ4n) is 4.34. The Balaban J connectivity index is 1.36. The molecule has 1 aromatic heterocycles. The third-order valence-corrected chi connectivity index (χ3v) is 5.88. The van der Waals surface area contributed by atoms with Crippen LogP contribution in [0.15, 0.2) is 48.7 Å². The van der Waals surface area contributed by atoms with E-state index in [0.717, 1.165) is 32.5 Å². The second-order valence-corrected chi connectivity index (χ2v) is 7.89. The summed E-state index contributed by atoms with van der Waals surface area (Å²) in [7, 11) is 0. The van der Waals surface area contributed by atoms with Crippen molar-refractivity contribution in [2.75, 3.05) is 6.54 Å². The molecule has 27 heavy (non-hydrogen) atoms. The SMILES string of the molecule is O=C(NCC1Cn2cccc2CN1Cc1ccccc1)NC1CCCCC1. The number of hydrogen-bond acceptors (Lipinski definition) is 2. The molecule has 144 valence electrons. The highest BCUT2D eigenvalue weighted by Gasteiger charge is 2.26. The van der Waals surface area contributed by atoms with E-state index in [1.807, 2.05) is 0 Å². The van der Waals surface area contributed by atoms with Crippen LogP contribution in [0.4, 0.5) is 4.79 Å². The van der Waals surface area contributed by atoms with Gasteiger partial charge >= 0.3 is 6.03 Å². The Morgan fingerprint density at radius 1 is 1.04 bits per heavy atom. The van der Waals surface area contributed by atoms with E-state index in [4.69, 9.17) is 0 Å². The molecular weight excluding hydrogens is 336 g/mol. The third kappa shape index (κ3) is 4.72. The summed E-state index contributed by atoms with van der Waals surface area (Å²) in [6.45, 7) is 3.41. The summed E-state index contributed by atoms with van der Waals surface area (Å²) in [5, 5.41) is 6.30. The first kappa shape index (κ1) is 18.1. The molecule has 2 heterocycles. The molecule has 0 spiro atoms. The second-order valence-electron chi connectivity index (χ2n) is 7.89. The van der Waals surface area contributed by atoms with Gasteiger partial charge in [0.2, 0.25) is 0 Å². The van der Waals surface area contributed by atoms with Gasteiger partial charge in [0.1, 0.15) is 0 Å². The van der Waals surface area contributed by atoms with Gasteiger partial charge in [-0.15, -0.1) is 0 Å². The average Bonchev–Trinajstić information content (AvgIpc) is 3.15. The van der Waals surface area contributed by atoms with Gasteiger partial charge < -0.3 is 15.2 Å². The molecule has 5 heteroatoms. The number of nitrogens with zero attached hydrogens (tertiary/aromatic N) is 2. The molecule has 0 bridgehead atoms. The summed E-state index contributed by atoms with van der Waals surface area (Å²) < 4.78 is 2.31. The molecule has 2 amide bonds. The smallest absolute Gasteiger partial charge is 0.315 e. The Labute approximate surface area is 161 Å². The zero-order valence-corrected chi connectivity index (χ0v) is 15.9. The van der Waals surface area contributed by atoms with Crippen LogP contribution in [0.3, 0.4) is 0 Å². The molecule has 0 saturated heterocycles. The summed E-state index contributed by atoms with van der Waals surface area (Å²) in [5.41, 5.74) is 2.66. The summed E-state index contributed by atoms with van der Waals surface area (Å²) >= 11 is 0. The quantitative estimate of drug-likeness (QED) is 0.851. The van der Waals surface area contributed by atoms with Crippen molar-refractivity contribution in [3.63, 3.8) is 0 Å². The topological polar surface area (TPSA) is 49.3 Å². The number of fused-ring (bicyclic) bond motifs is 1. The number of carbonyl (C=O) groups is 1. The second kappa shape index (κ2) is 8.61. The van der Waals surface area contributed by atoms with E-state index in [1.165, 1.54) is 30.5 Å². The normalized spacial score (nSPS) is 20.8. The van der Waals surface area contributed by atoms with E-state index in [1.54, 1.807) is 0 Å².